The maximum atomic E-state index is 11.1. The van der Waals surface area contributed by atoms with Crippen LogP contribution in [0, 0.1) is 0 Å². The normalized spacial score (nSPS) is 10.4. The highest BCUT2D eigenvalue weighted by Gasteiger charge is 2.05. The average molecular weight is 193 g/mol. The van der Waals surface area contributed by atoms with Gasteiger partial charge in [-0.25, -0.2) is 4.79 Å². The average Bonchev–Trinajstić information content (AvgIpc) is 2.16. The van der Waals surface area contributed by atoms with Gasteiger partial charge in [0, 0.05) is 17.5 Å². The molecule has 0 atom stereocenters. The molecule has 0 saturated carbocycles. The summed E-state index contributed by atoms with van der Waals surface area (Å²) in [5, 5.41) is 9.76. The van der Waals surface area contributed by atoms with Crippen LogP contribution < -0.4 is 16.4 Å². The Morgan fingerprint density at radius 3 is 2.86 bits per heavy atom. The van der Waals surface area contributed by atoms with E-state index in [4.69, 9.17) is 15.4 Å². The van der Waals surface area contributed by atoms with Gasteiger partial charge in [-0.05, 0) is 12.1 Å². The molecule has 2 rings (SSSR count). The van der Waals surface area contributed by atoms with Gasteiger partial charge in [0.05, 0.1) is 0 Å². The van der Waals surface area contributed by atoms with Gasteiger partial charge in [-0.1, -0.05) is 0 Å². The number of phenolic OH excluding ortho intramolecular Hbond substituents is 1. The molecule has 1 aromatic heterocycles. The third kappa shape index (κ3) is 1.29. The molecule has 3 N–H and O–H groups in total. The van der Waals surface area contributed by atoms with Crippen molar-refractivity contribution in [2.45, 2.75) is 0 Å². The second-order valence-electron chi connectivity index (χ2n) is 2.74. The number of nitrogens with two attached hydrogens (primary N) is 1. The monoisotopic (exact) mass is 193 g/mol. The van der Waals surface area contributed by atoms with E-state index < -0.39 is 5.63 Å². The van der Waals surface area contributed by atoms with Gasteiger partial charge in [0.25, 0.3) is 0 Å². The molecule has 0 spiro atoms. The molecule has 72 valence electrons. The Morgan fingerprint density at radius 1 is 1.36 bits per heavy atom. The molecule has 5 heteroatoms. The van der Waals surface area contributed by atoms with Crippen LogP contribution in [0.2, 0.25) is 0 Å². The van der Waals surface area contributed by atoms with Crippen LogP contribution >= 0.6 is 0 Å². The van der Waals surface area contributed by atoms with Crippen molar-refractivity contribution >= 4 is 11.0 Å². The number of hydrogen-bond donors (Lipinski definition) is 2. The largest absolute Gasteiger partial charge is 0.508 e. The molecular weight excluding hydrogens is 186 g/mol. The maximum Gasteiger partial charge on any atom is 0.381 e. The molecule has 1 heterocycles. The predicted molar refractivity (Wildman–Crippen MR) is 49.0 cm³/mol. The van der Waals surface area contributed by atoms with E-state index in [-0.39, 0.29) is 17.1 Å². The lowest BCUT2D eigenvalue weighted by molar-refractivity contribution is 0.316. The highest BCUT2D eigenvalue weighted by molar-refractivity contribution is 5.78. The summed E-state index contributed by atoms with van der Waals surface area (Å²) in [6.07, 6.45) is 0. The first-order valence-electron chi connectivity index (χ1n) is 3.84. The first kappa shape index (κ1) is 8.58. The van der Waals surface area contributed by atoms with Gasteiger partial charge >= 0.3 is 5.63 Å². The molecule has 2 aromatic rings. The third-order valence-corrected chi connectivity index (χ3v) is 1.81. The summed E-state index contributed by atoms with van der Waals surface area (Å²) in [5.41, 5.74) is -0.388. The molecule has 14 heavy (non-hydrogen) atoms. The molecule has 0 aliphatic rings. The van der Waals surface area contributed by atoms with Crippen LogP contribution in [0.5, 0.6) is 11.5 Å². The molecule has 1 aromatic carbocycles. The Labute approximate surface area is 78.3 Å². The van der Waals surface area contributed by atoms with E-state index in [2.05, 4.69) is 4.84 Å². The number of benzene rings is 1. The summed E-state index contributed by atoms with van der Waals surface area (Å²) in [6, 6.07) is 5.86. The first-order chi connectivity index (χ1) is 6.70. The standard InChI is InChI=1S/C9H7NO4/c10-14-8-3-5-1-2-6(11)4-7(5)13-9(8)12/h1-4,11H,10H2. The molecule has 5 nitrogen and oxygen atoms in total. The Kier molecular flexibility index (Phi) is 1.86. The van der Waals surface area contributed by atoms with Crippen molar-refractivity contribution < 1.29 is 14.4 Å². The van der Waals surface area contributed by atoms with E-state index in [1.807, 2.05) is 0 Å². The van der Waals surface area contributed by atoms with Crippen molar-refractivity contribution in [1.29, 1.82) is 0 Å². The second-order valence-corrected chi connectivity index (χ2v) is 2.74. The van der Waals surface area contributed by atoms with Crippen LogP contribution in [0.25, 0.3) is 11.0 Å². The summed E-state index contributed by atoms with van der Waals surface area (Å²) >= 11 is 0. The van der Waals surface area contributed by atoms with Crippen molar-refractivity contribution in [1.82, 2.24) is 0 Å². The van der Waals surface area contributed by atoms with E-state index in [1.54, 1.807) is 6.07 Å². The zero-order valence-electron chi connectivity index (χ0n) is 7.06. The lowest BCUT2D eigenvalue weighted by atomic mass is 10.2. The van der Waals surface area contributed by atoms with E-state index >= 15 is 0 Å². The van der Waals surface area contributed by atoms with Crippen molar-refractivity contribution in [2.24, 2.45) is 5.90 Å². The summed E-state index contributed by atoms with van der Waals surface area (Å²) < 4.78 is 4.84. The van der Waals surface area contributed by atoms with Gasteiger partial charge in [-0.3, -0.25) is 0 Å². The highest BCUT2D eigenvalue weighted by atomic mass is 16.6. The Bertz CT molecular complexity index is 532. The summed E-state index contributed by atoms with van der Waals surface area (Å²) in [7, 11) is 0. The van der Waals surface area contributed by atoms with E-state index in [0.717, 1.165) is 0 Å². The minimum Gasteiger partial charge on any atom is -0.508 e. The van der Waals surface area contributed by atoms with Crippen molar-refractivity contribution in [2.75, 3.05) is 0 Å². The Morgan fingerprint density at radius 2 is 2.14 bits per heavy atom. The van der Waals surface area contributed by atoms with E-state index in [1.165, 1.54) is 18.2 Å². The lowest BCUT2D eigenvalue weighted by Crippen LogP contribution is -2.11. The predicted octanol–water partition coefficient (Wildman–Crippen LogP) is 0.751. The minimum absolute atomic E-state index is 0.0297. The molecular formula is C9H7NO4. The molecule has 0 amide bonds. The van der Waals surface area contributed by atoms with Crippen molar-refractivity contribution in [3.05, 3.63) is 34.7 Å². The van der Waals surface area contributed by atoms with Crippen LogP contribution in [-0.4, -0.2) is 5.11 Å². The number of phenols is 1. The maximum absolute atomic E-state index is 11.1. The first-order valence-corrected chi connectivity index (χ1v) is 3.84. The number of hydrogen-bond acceptors (Lipinski definition) is 5. The third-order valence-electron chi connectivity index (χ3n) is 1.81. The summed E-state index contributed by atoms with van der Waals surface area (Å²) in [4.78, 5) is 15.4. The fraction of sp³-hybridized carbons (Fsp3) is 0. The van der Waals surface area contributed by atoms with Crippen LogP contribution in [0.4, 0.5) is 0 Å². The fourth-order valence-corrected chi connectivity index (χ4v) is 1.16. The molecule has 0 unspecified atom stereocenters. The zero-order chi connectivity index (χ0) is 10.1. The van der Waals surface area contributed by atoms with Crippen molar-refractivity contribution in [3.8, 4) is 11.5 Å². The summed E-state index contributed by atoms with van der Waals surface area (Å²) in [5.74, 6) is 4.83. The molecule has 0 aliphatic carbocycles. The number of aromatic hydroxyl groups is 1. The van der Waals surface area contributed by atoms with Gasteiger partial charge in [0.1, 0.15) is 11.3 Å². The second kappa shape index (κ2) is 3.04. The smallest absolute Gasteiger partial charge is 0.381 e. The molecule has 0 bridgehead atoms. The lowest BCUT2D eigenvalue weighted by Gasteiger charge is -1.99. The van der Waals surface area contributed by atoms with Gasteiger partial charge in [-0.15, -0.1) is 0 Å². The van der Waals surface area contributed by atoms with Gasteiger partial charge in [-0.2, -0.15) is 5.90 Å². The van der Waals surface area contributed by atoms with E-state index in [9.17, 15) is 4.79 Å². The quantitative estimate of drug-likeness (QED) is 0.515. The summed E-state index contributed by atoms with van der Waals surface area (Å²) in [6.45, 7) is 0. The zero-order valence-corrected chi connectivity index (χ0v) is 7.06. The Balaban J connectivity index is 2.79. The SMILES string of the molecule is NOc1cc2ccc(O)cc2oc1=O. The fourth-order valence-electron chi connectivity index (χ4n) is 1.16. The van der Waals surface area contributed by atoms with Gasteiger partial charge in [0.15, 0.2) is 0 Å². The van der Waals surface area contributed by atoms with Crippen LogP contribution in [0.1, 0.15) is 0 Å². The Hall–Kier alpha value is -2.01. The van der Waals surface area contributed by atoms with Crippen LogP contribution in [-0.2, 0) is 0 Å². The molecule has 0 saturated heterocycles. The van der Waals surface area contributed by atoms with Crippen molar-refractivity contribution in [3.63, 3.8) is 0 Å². The van der Waals surface area contributed by atoms with Crippen LogP contribution in [0.15, 0.2) is 33.5 Å². The topological polar surface area (TPSA) is 85.7 Å². The number of rotatable bonds is 1. The minimum atomic E-state index is -0.675. The van der Waals surface area contributed by atoms with E-state index in [0.29, 0.717) is 5.39 Å². The van der Waals surface area contributed by atoms with Crippen LogP contribution in [0.3, 0.4) is 0 Å². The van der Waals surface area contributed by atoms with Gasteiger partial charge < -0.3 is 14.4 Å². The number of fused-ring (bicyclic) bond motifs is 1. The molecule has 0 radical (unpaired) electrons. The highest BCUT2D eigenvalue weighted by Crippen LogP contribution is 2.20. The van der Waals surface area contributed by atoms with Gasteiger partial charge in [0.2, 0.25) is 5.75 Å². The molecule has 0 aliphatic heterocycles. The molecule has 0 fully saturated rings.